The number of aliphatic hydroxyl groups is 1. The molecule has 0 aliphatic carbocycles. The van der Waals surface area contributed by atoms with E-state index in [2.05, 4.69) is 48.5 Å². The molecule has 0 aliphatic rings. The van der Waals surface area contributed by atoms with Crippen molar-refractivity contribution in [2.45, 2.75) is 388 Å². The summed E-state index contributed by atoms with van der Waals surface area (Å²) in [6, 6.07) is 0. The standard InChI is InChI=1S/C73H142O17P2/c1-8-9-10-11-12-13-16-26-33-40-47-54-70(75)83-60-69(90-73(78)57-50-43-36-29-22-21-25-32-39-46-53-66(6)7)63-88-92(81,82)86-59-67(74)58-85-91(79,80)87-62-68(89-72(77)56-49-42-35-28-20-15-18-24-31-38-45-52-65(4)5)61-84-71(76)55-48-41-34-27-19-14-17-23-30-37-44-51-64(2)3/h64-69,74H,8-63H2,1-7H3,(H,79,80)(H,81,82)/t67-,68-,69-/m1/s1. The second kappa shape index (κ2) is 63.8. The maximum Gasteiger partial charge on any atom is 0.472 e. The molecule has 5 atom stereocenters. The van der Waals surface area contributed by atoms with E-state index in [1.165, 1.54) is 180 Å². The third-order valence-electron chi connectivity index (χ3n) is 16.9. The van der Waals surface area contributed by atoms with Crippen molar-refractivity contribution in [1.29, 1.82) is 0 Å². The van der Waals surface area contributed by atoms with E-state index in [0.717, 1.165) is 108 Å². The Morgan fingerprint density at radius 3 is 0.739 bits per heavy atom. The van der Waals surface area contributed by atoms with Gasteiger partial charge < -0.3 is 33.8 Å². The molecule has 0 fully saturated rings. The molecular weight excluding hydrogens is 1210 g/mol. The zero-order valence-electron chi connectivity index (χ0n) is 60.0. The Kier molecular flexibility index (Phi) is 62.4. The number of hydrogen-bond donors (Lipinski definition) is 3. The van der Waals surface area contributed by atoms with Crippen LogP contribution >= 0.6 is 15.6 Å². The molecule has 92 heavy (non-hydrogen) atoms. The number of ether oxygens (including phenoxy) is 4. The second-order valence-electron chi connectivity index (χ2n) is 27.8. The Labute approximate surface area is 562 Å². The summed E-state index contributed by atoms with van der Waals surface area (Å²) in [6.07, 6.45) is 48.4. The predicted octanol–water partition coefficient (Wildman–Crippen LogP) is 21.0. The average molecular weight is 1350 g/mol. The molecule has 0 aromatic rings. The highest BCUT2D eigenvalue weighted by Gasteiger charge is 2.30. The van der Waals surface area contributed by atoms with Gasteiger partial charge in [0.25, 0.3) is 0 Å². The molecule has 0 heterocycles. The lowest BCUT2D eigenvalue weighted by molar-refractivity contribution is -0.161. The van der Waals surface area contributed by atoms with Crippen LogP contribution in [0.5, 0.6) is 0 Å². The lowest BCUT2D eigenvalue weighted by atomic mass is 10.0. The first-order valence-corrected chi connectivity index (χ1v) is 40.8. The van der Waals surface area contributed by atoms with Crippen LogP contribution in [-0.4, -0.2) is 96.7 Å². The molecule has 0 spiro atoms. The van der Waals surface area contributed by atoms with Gasteiger partial charge in [-0.05, 0) is 43.4 Å². The van der Waals surface area contributed by atoms with Crippen LogP contribution in [-0.2, 0) is 65.4 Å². The number of carbonyl (C=O) groups excluding carboxylic acids is 4. The van der Waals surface area contributed by atoms with Gasteiger partial charge in [0.05, 0.1) is 26.4 Å². The molecular formula is C73H142O17P2. The van der Waals surface area contributed by atoms with Gasteiger partial charge in [-0.2, -0.15) is 0 Å². The van der Waals surface area contributed by atoms with Crippen molar-refractivity contribution in [3.8, 4) is 0 Å². The van der Waals surface area contributed by atoms with Crippen LogP contribution < -0.4 is 0 Å². The summed E-state index contributed by atoms with van der Waals surface area (Å²) in [7, 11) is -9.91. The van der Waals surface area contributed by atoms with E-state index in [-0.39, 0.29) is 25.7 Å². The molecule has 0 radical (unpaired) electrons. The van der Waals surface area contributed by atoms with Crippen LogP contribution in [0.2, 0.25) is 0 Å². The molecule has 0 aromatic heterocycles. The van der Waals surface area contributed by atoms with Crippen molar-refractivity contribution in [2.75, 3.05) is 39.6 Å². The molecule has 0 saturated carbocycles. The van der Waals surface area contributed by atoms with Crippen LogP contribution in [0.3, 0.4) is 0 Å². The van der Waals surface area contributed by atoms with Crippen molar-refractivity contribution in [2.24, 2.45) is 17.8 Å². The van der Waals surface area contributed by atoms with E-state index in [0.29, 0.717) is 25.7 Å². The van der Waals surface area contributed by atoms with Crippen molar-refractivity contribution < 1.29 is 80.2 Å². The first-order valence-electron chi connectivity index (χ1n) is 37.8. The SMILES string of the molecule is CCCCCCCCCCCCCC(=O)OC[C@H](COP(=O)(O)OC[C@H](O)COP(=O)(O)OC[C@@H](COC(=O)CCCCCCCCCCCCCC(C)C)OC(=O)CCCCCCCCCCCCCC(C)C)OC(=O)CCCCCCCCCCCCC(C)C. The van der Waals surface area contributed by atoms with Crippen LogP contribution in [0, 0.1) is 17.8 Å². The average Bonchev–Trinajstić information content (AvgIpc) is 1.97. The Bertz CT molecular complexity index is 1800. The third-order valence-corrected chi connectivity index (χ3v) is 18.8. The molecule has 0 saturated heterocycles. The van der Waals surface area contributed by atoms with Gasteiger partial charge in [-0.25, -0.2) is 9.13 Å². The van der Waals surface area contributed by atoms with E-state index in [1.54, 1.807) is 0 Å². The zero-order chi connectivity index (χ0) is 68.0. The van der Waals surface area contributed by atoms with E-state index < -0.39 is 97.5 Å². The Morgan fingerprint density at radius 2 is 0.500 bits per heavy atom. The number of phosphoric acid groups is 2. The molecule has 0 aliphatic heterocycles. The van der Waals surface area contributed by atoms with Gasteiger partial charge in [-0.15, -0.1) is 0 Å². The number of esters is 4. The molecule has 0 rings (SSSR count). The summed E-state index contributed by atoms with van der Waals surface area (Å²) in [5.41, 5.74) is 0. The van der Waals surface area contributed by atoms with Crippen LogP contribution in [0.25, 0.3) is 0 Å². The fourth-order valence-corrected chi connectivity index (χ4v) is 12.7. The van der Waals surface area contributed by atoms with Gasteiger partial charge in [0.1, 0.15) is 19.3 Å². The van der Waals surface area contributed by atoms with Gasteiger partial charge in [0.15, 0.2) is 12.2 Å². The smallest absolute Gasteiger partial charge is 0.462 e. The summed E-state index contributed by atoms with van der Waals surface area (Å²) in [5.74, 6) is 0.168. The minimum absolute atomic E-state index is 0.106. The van der Waals surface area contributed by atoms with Crippen LogP contribution in [0.1, 0.15) is 370 Å². The highest BCUT2D eigenvalue weighted by atomic mass is 31.2. The second-order valence-corrected chi connectivity index (χ2v) is 30.7. The molecule has 0 bridgehead atoms. The van der Waals surface area contributed by atoms with Crippen molar-refractivity contribution in [3.05, 3.63) is 0 Å². The summed E-state index contributed by atoms with van der Waals surface area (Å²) >= 11 is 0. The number of aliphatic hydroxyl groups excluding tert-OH is 1. The van der Waals surface area contributed by atoms with Gasteiger partial charge in [0.2, 0.25) is 0 Å². The zero-order valence-corrected chi connectivity index (χ0v) is 61.8. The number of carbonyl (C=O) groups is 4. The maximum atomic E-state index is 13.1. The molecule has 19 heteroatoms. The van der Waals surface area contributed by atoms with E-state index in [4.69, 9.17) is 37.0 Å². The number of unbranched alkanes of at least 4 members (excludes halogenated alkanes) is 39. The third kappa shape index (κ3) is 66.7. The normalized spacial score (nSPS) is 14.1. The minimum Gasteiger partial charge on any atom is -0.462 e. The highest BCUT2D eigenvalue weighted by molar-refractivity contribution is 7.47. The number of phosphoric ester groups is 2. The van der Waals surface area contributed by atoms with Crippen molar-refractivity contribution >= 4 is 39.5 Å². The van der Waals surface area contributed by atoms with Crippen molar-refractivity contribution in [1.82, 2.24) is 0 Å². The van der Waals surface area contributed by atoms with E-state index in [9.17, 15) is 43.2 Å². The summed E-state index contributed by atoms with van der Waals surface area (Å²) in [5, 5.41) is 10.6. The number of rotatable bonds is 71. The van der Waals surface area contributed by atoms with Crippen LogP contribution in [0.15, 0.2) is 0 Å². The lowest BCUT2D eigenvalue weighted by Crippen LogP contribution is -2.30. The summed E-state index contributed by atoms with van der Waals surface area (Å²) in [4.78, 5) is 72.7. The first-order chi connectivity index (χ1) is 44.2. The van der Waals surface area contributed by atoms with Crippen molar-refractivity contribution in [3.63, 3.8) is 0 Å². The summed E-state index contributed by atoms with van der Waals surface area (Å²) < 4.78 is 68.4. The number of hydrogen-bond acceptors (Lipinski definition) is 15. The molecule has 3 N–H and O–H groups in total. The lowest BCUT2D eigenvalue weighted by Gasteiger charge is -2.21. The highest BCUT2D eigenvalue weighted by Crippen LogP contribution is 2.45. The van der Waals surface area contributed by atoms with Gasteiger partial charge in [0, 0.05) is 25.7 Å². The molecule has 0 aromatic carbocycles. The topological polar surface area (TPSA) is 237 Å². The minimum atomic E-state index is -4.95. The molecule has 0 amide bonds. The first kappa shape index (κ1) is 90.1. The summed E-state index contributed by atoms with van der Waals surface area (Å²) in [6.45, 7) is 11.9. The quantitative estimate of drug-likeness (QED) is 0.0222. The van der Waals surface area contributed by atoms with E-state index >= 15 is 0 Å². The fraction of sp³-hybridized carbons (Fsp3) is 0.945. The largest absolute Gasteiger partial charge is 0.472 e. The Morgan fingerprint density at radius 1 is 0.293 bits per heavy atom. The van der Waals surface area contributed by atoms with Gasteiger partial charge >= 0.3 is 39.5 Å². The van der Waals surface area contributed by atoms with E-state index in [1.807, 2.05) is 0 Å². The van der Waals surface area contributed by atoms with Gasteiger partial charge in [-0.1, -0.05) is 318 Å². The Hall–Kier alpha value is -1.94. The van der Waals surface area contributed by atoms with Crippen LogP contribution in [0.4, 0.5) is 0 Å². The molecule has 17 nitrogen and oxygen atoms in total. The maximum absolute atomic E-state index is 13.1. The monoisotopic (exact) mass is 1350 g/mol. The Balaban J connectivity index is 5.27. The molecule has 2 unspecified atom stereocenters. The van der Waals surface area contributed by atoms with Gasteiger partial charge in [-0.3, -0.25) is 37.3 Å². The fourth-order valence-electron chi connectivity index (χ4n) is 11.1. The predicted molar refractivity (Wildman–Crippen MR) is 372 cm³/mol. The molecule has 546 valence electrons.